The van der Waals surface area contributed by atoms with Gasteiger partial charge in [-0.25, -0.2) is 0 Å². The molecule has 0 saturated carbocycles. The molecule has 1 heterocycles. The second-order valence-electron chi connectivity index (χ2n) is 3.89. The van der Waals surface area contributed by atoms with Crippen molar-refractivity contribution in [1.82, 2.24) is 4.90 Å². The normalized spacial score (nSPS) is 23.3. The molecule has 1 saturated heterocycles. The molecule has 1 atom stereocenters. The summed E-state index contributed by atoms with van der Waals surface area (Å²) in [4.78, 5) is 2.34. The van der Waals surface area contributed by atoms with Gasteiger partial charge in [-0.05, 0) is 45.8 Å². The van der Waals surface area contributed by atoms with Crippen molar-refractivity contribution in [1.29, 1.82) is 0 Å². The van der Waals surface area contributed by atoms with E-state index >= 15 is 0 Å². The van der Waals surface area contributed by atoms with Gasteiger partial charge >= 0.3 is 0 Å². The average Bonchev–Trinajstić information content (AvgIpc) is 2.09. The van der Waals surface area contributed by atoms with Crippen LogP contribution in [0.25, 0.3) is 0 Å². The van der Waals surface area contributed by atoms with E-state index < -0.39 is 6.29 Å². The molecule has 0 aromatic heterocycles. The van der Waals surface area contributed by atoms with Gasteiger partial charge in [-0.15, -0.1) is 0 Å². The molecule has 0 radical (unpaired) electrons. The minimum Gasteiger partial charge on any atom is -0.368 e. The highest BCUT2D eigenvalue weighted by molar-refractivity contribution is 4.70. The molecule has 1 rings (SSSR count). The van der Waals surface area contributed by atoms with Crippen molar-refractivity contribution in [3.8, 4) is 0 Å². The lowest BCUT2D eigenvalue weighted by molar-refractivity contribution is -0.109. The largest absolute Gasteiger partial charge is 0.368 e. The Morgan fingerprint density at radius 3 is 2.62 bits per heavy atom. The first-order valence-corrected chi connectivity index (χ1v) is 5.20. The molecule has 13 heavy (non-hydrogen) atoms. The summed E-state index contributed by atoms with van der Waals surface area (Å²) in [5, 5.41) is 9.43. The molecule has 0 amide bonds. The first-order chi connectivity index (χ1) is 6.22. The minimum atomic E-state index is -0.543. The Morgan fingerprint density at radius 1 is 1.46 bits per heavy atom. The van der Waals surface area contributed by atoms with Gasteiger partial charge in [0.05, 0.1) is 0 Å². The maximum absolute atomic E-state index is 9.43. The van der Waals surface area contributed by atoms with Gasteiger partial charge in [-0.3, -0.25) is 0 Å². The maximum atomic E-state index is 9.43. The van der Waals surface area contributed by atoms with Crippen LogP contribution in [0.2, 0.25) is 0 Å². The Balaban J connectivity index is 2.14. The summed E-state index contributed by atoms with van der Waals surface area (Å²) < 4.78 is 5.11. The van der Waals surface area contributed by atoms with Crippen LogP contribution in [0.4, 0.5) is 0 Å². The van der Waals surface area contributed by atoms with Gasteiger partial charge in [0.2, 0.25) is 0 Å². The highest BCUT2D eigenvalue weighted by atomic mass is 16.6. The lowest BCUT2D eigenvalue weighted by Gasteiger charge is -2.29. The summed E-state index contributed by atoms with van der Waals surface area (Å²) in [6, 6.07) is 0. The van der Waals surface area contributed by atoms with Crippen LogP contribution in [0.3, 0.4) is 0 Å². The van der Waals surface area contributed by atoms with E-state index in [1.54, 1.807) is 0 Å². The maximum Gasteiger partial charge on any atom is 0.154 e. The molecule has 1 unspecified atom stereocenters. The first kappa shape index (κ1) is 11.0. The third kappa shape index (κ3) is 4.07. The summed E-state index contributed by atoms with van der Waals surface area (Å²) in [6.07, 6.45) is 2.65. The SMILES string of the molecule is CCOC(O)CC1CCN(C)CC1. The number of ether oxygens (including phenoxy) is 1. The monoisotopic (exact) mass is 187 g/mol. The lowest BCUT2D eigenvalue weighted by Crippen LogP contribution is -2.32. The first-order valence-electron chi connectivity index (χ1n) is 5.20. The minimum absolute atomic E-state index is 0.543. The third-order valence-electron chi connectivity index (χ3n) is 2.73. The number of nitrogens with zero attached hydrogens (tertiary/aromatic N) is 1. The van der Waals surface area contributed by atoms with Gasteiger partial charge in [-0.2, -0.15) is 0 Å². The van der Waals surface area contributed by atoms with E-state index in [0.717, 1.165) is 19.5 Å². The van der Waals surface area contributed by atoms with E-state index in [2.05, 4.69) is 11.9 Å². The van der Waals surface area contributed by atoms with E-state index in [1.807, 2.05) is 6.92 Å². The number of likely N-dealkylation sites (tertiary alicyclic amines) is 1. The number of aliphatic hydroxyl groups is 1. The molecule has 0 aromatic carbocycles. The van der Waals surface area contributed by atoms with E-state index in [4.69, 9.17) is 4.74 Å². The zero-order chi connectivity index (χ0) is 9.68. The molecule has 1 N–H and O–H groups in total. The molecular weight excluding hydrogens is 166 g/mol. The Morgan fingerprint density at radius 2 is 2.08 bits per heavy atom. The fourth-order valence-electron chi connectivity index (χ4n) is 1.84. The van der Waals surface area contributed by atoms with Crippen LogP contribution in [0.1, 0.15) is 26.2 Å². The van der Waals surface area contributed by atoms with Crippen molar-refractivity contribution in [2.24, 2.45) is 5.92 Å². The number of aliphatic hydroxyl groups excluding tert-OH is 1. The number of rotatable bonds is 4. The van der Waals surface area contributed by atoms with Crippen LogP contribution in [-0.2, 0) is 4.74 Å². The predicted octanol–water partition coefficient (Wildman–Crippen LogP) is 1.07. The van der Waals surface area contributed by atoms with Gasteiger partial charge < -0.3 is 14.7 Å². The molecular formula is C10H21NO2. The molecule has 78 valence electrons. The van der Waals surface area contributed by atoms with Crippen LogP contribution in [0, 0.1) is 5.92 Å². The van der Waals surface area contributed by atoms with Crippen LogP contribution >= 0.6 is 0 Å². The highest BCUT2D eigenvalue weighted by Crippen LogP contribution is 2.21. The summed E-state index contributed by atoms with van der Waals surface area (Å²) in [5.74, 6) is 0.651. The Labute approximate surface area is 80.7 Å². The van der Waals surface area contributed by atoms with Gasteiger partial charge in [0.1, 0.15) is 0 Å². The van der Waals surface area contributed by atoms with Gasteiger partial charge in [0.15, 0.2) is 6.29 Å². The average molecular weight is 187 g/mol. The van der Waals surface area contributed by atoms with Crippen molar-refractivity contribution in [2.45, 2.75) is 32.5 Å². The second kappa shape index (κ2) is 5.58. The van der Waals surface area contributed by atoms with Gasteiger partial charge in [-0.1, -0.05) is 0 Å². The van der Waals surface area contributed by atoms with Crippen molar-refractivity contribution < 1.29 is 9.84 Å². The fraction of sp³-hybridized carbons (Fsp3) is 1.00. The summed E-state index contributed by atoms with van der Waals surface area (Å²) >= 11 is 0. The predicted molar refractivity (Wildman–Crippen MR) is 52.5 cm³/mol. The zero-order valence-corrected chi connectivity index (χ0v) is 8.70. The van der Waals surface area contributed by atoms with E-state index in [9.17, 15) is 5.11 Å². The molecule has 0 aromatic rings. The number of hydrogen-bond acceptors (Lipinski definition) is 3. The van der Waals surface area contributed by atoms with E-state index in [0.29, 0.717) is 12.5 Å². The summed E-state index contributed by atoms with van der Waals surface area (Å²) in [5.41, 5.74) is 0. The lowest BCUT2D eigenvalue weighted by atomic mass is 9.94. The van der Waals surface area contributed by atoms with Crippen molar-refractivity contribution in [2.75, 3.05) is 26.7 Å². The fourth-order valence-corrected chi connectivity index (χ4v) is 1.84. The molecule has 3 heteroatoms. The van der Waals surface area contributed by atoms with Crippen molar-refractivity contribution in [3.63, 3.8) is 0 Å². The Hall–Kier alpha value is -0.120. The number of hydrogen-bond donors (Lipinski definition) is 1. The Kier molecular flexibility index (Phi) is 4.70. The van der Waals surface area contributed by atoms with Crippen LogP contribution in [-0.4, -0.2) is 43.0 Å². The van der Waals surface area contributed by atoms with E-state index in [-0.39, 0.29) is 0 Å². The smallest absolute Gasteiger partial charge is 0.154 e. The van der Waals surface area contributed by atoms with Gasteiger partial charge in [0, 0.05) is 13.0 Å². The third-order valence-corrected chi connectivity index (χ3v) is 2.73. The zero-order valence-electron chi connectivity index (χ0n) is 8.70. The van der Waals surface area contributed by atoms with E-state index in [1.165, 1.54) is 12.8 Å². The van der Waals surface area contributed by atoms with Crippen LogP contribution < -0.4 is 0 Å². The second-order valence-corrected chi connectivity index (χ2v) is 3.89. The molecule has 1 fully saturated rings. The highest BCUT2D eigenvalue weighted by Gasteiger charge is 2.19. The molecule has 0 aliphatic carbocycles. The molecule has 3 nitrogen and oxygen atoms in total. The standard InChI is InChI=1S/C10H21NO2/c1-3-13-10(12)8-9-4-6-11(2)7-5-9/h9-10,12H,3-8H2,1-2H3. The van der Waals surface area contributed by atoms with Crippen molar-refractivity contribution in [3.05, 3.63) is 0 Å². The molecule has 1 aliphatic rings. The van der Waals surface area contributed by atoms with Crippen LogP contribution in [0.5, 0.6) is 0 Å². The molecule has 0 spiro atoms. The van der Waals surface area contributed by atoms with Crippen molar-refractivity contribution >= 4 is 0 Å². The van der Waals surface area contributed by atoms with Gasteiger partial charge in [0.25, 0.3) is 0 Å². The Bertz CT molecular complexity index is 133. The number of piperidine rings is 1. The molecule has 1 aliphatic heterocycles. The quantitative estimate of drug-likeness (QED) is 0.668. The summed E-state index contributed by atoms with van der Waals surface area (Å²) in [7, 11) is 2.15. The molecule has 0 bridgehead atoms. The summed E-state index contributed by atoms with van der Waals surface area (Å²) in [6.45, 7) is 4.83. The van der Waals surface area contributed by atoms with Crippen LogP contribution in [0.15, 0.2) is 0 Å². The topological polar surface area (TPSA) is 32.7 Å².